The third-order valence-electron chi connectivity index (χ3n) is 3.78. The van der Waals surface area contributed by atoms with Gasteiger partial charge in [0.1, 0.15) is 0 Å². The highest BCUT2D eigenvalue weighted by atomic mass is 32.2. The zero-order valence-electron chi connectivity index (χ0n) is 11.7. The Balaban J connectivity index is 1.91. The van der Waals surface area contributed by atoms with Gasteiger partial charge in [-0.1, -0.05) is 13.8 Å². The van der Waals surface area contributed by atoms with Crippen LogP contribution in [0.3, 0.4) is 0 Å². The van der Waals surface area contributed by atoms with Crippen molar-refractivity contribution in [2.24, 2.45) is 11.8 Å². The van der Waals surface area contributed by atoms with E-state index in [1.54, 1.807) is 0 Å². The van der Waals surface area contributed by atoms with Crippen LogP contribution in [0.5, 0.6) is 0 Å². The molecule has 4 heteroatoms. The lowest BCUT2D eigenvalue weighted by molar-refractivity contribution is -0.135. The largest absolute Gasteiger partial charge is 0.341 e. The van der Waals surface area contributed by atoms with Gasteiger partial charge in [0.25, 0.3) is 0 Å². The topological polar surface area (TPSA) is 32.3 Å². The zero-order valence-corrected chi connectivity index (χ0v) is 12.5. The minimum Gasteiger partial charge on any atom is -0.341 e. The van der Waals surface area contributed by atoms with Crippen LogP contribution in [0.25, 0.3) is 0 Å². The van der Waals surface area contributed by atoms with Gasteiger partial charge in [-0.3, -0.25) is 4.79 Å². The number of nitrogens with zero attached hydrogens (tertiary/aromatic N) is 1. The number of carbonyl (C=O) groups is 1. The molecule has 2 heterocycles. The Morgan fingerprint density at radius 3 is 2.83 bits per heavy atom. The SMILES string of the molecule is CC(C)CN(CC1CCCN1)C(=O)C1CCSC1. The number of hydrogen-bond donors (Lipinski definition) is 1. The van der Waals surface area contributed by atoms with Crippen LogP contribution in [0, 0.1) is 11.8 Å². The molecule has 0 aliphatic carbocycles. The fraction of sp³-hybridized carbons (Fsp3) is 0.929. The van der Waals surface area contributed by atoms with Crippen LogP contribution in [0.15, 0.2) is 0 Å². The molecular weight excluding hydrogens is 244 g/mol. The van der Waals surface area contributed by atoms with Crippen LogP contribution in [0.1, 0.15) is 33.1 Å². The van der Waals surface area contributed by atoms with Crippen LogP contribution in [0.4, 0.5) is 0 Å². The molecule has 0 aromatic heterocycles. The summed E-state index contributed by atoms with van der Waals surface area (Å²) in [5.74, 6) is 3.45. The lowest BCUT2D eigenvalue weighted by Gasteiger charge is -2.29. The van der Waals surface area contributed by atoms with E-state index in [1.807, 2.05) is 11.8 Å². The summed E-state index contributed by atoms with van der Waals surface area (Å²) in [7, 11) is 0. The lowest BCUT2D eigenvalue weighted by Crippen LogP contribution is -2.45. The minimum absolute atomic E-state index is 0.287. The van der Waals surface area contributed by atoms with Crippen molar-refractivity contribution >= 4 is 17.7 Å². The molecule has 18 heavy (non-hydrogen) atoms. The maximum absolute atomic E-state index is 12.6. The number of carbonyl (C=O) groups excluding carboxylic acids is 1. The van der Waals surface area contributed by atoms with E-state index in [-0.39, 0.29) is 5.92 Å². The van der Waals surface area contributed by atoms with E-state index >= 15 is 0 Å². The van der Waals surface area contributed by atoms with E-state index in [4.69, 9.17) is 0 Å². The molecule has 1 N–H and O–H groups in total. The Morgan fingerprint density at radius 2 is 2.28 bits per heavy atom. The Hall–Kier alpha value is -0.220. The second-order valence-corrected chi connectivity index (χ2v) is 7.14. The molecule has 2 atom stereocenters. The number of thioether (sulfide) groups is 1. The van der Waals surface area contributed by atoms with E-state index in [1.165, 1.54) is 12.8 Å². The van der Waals surface area contributed by atoms with Crippen LogP contribution < -0.4 is 5.32 Å². The number of amides is 1. The lowest BCUT2D eigenvalue weighted by atomic mass is 10.1. The van der Waals surface area contributed by atoms with E-state index < -0.39 is 0 Å². The molecule has 0 spiro atoms. The number of hydrogen-bond acceptors (Lipinski definition) is 3. The third kappa shape index (κ3) is 3.89. The molecule has 0 radical (unpaired) electrons. The predicted molar refractivity (Wildman–Crippen MR) is 77.9 cm³/mol. The molecule has 2 aliphatic heterocycles. The maximum atomic E-state index is 12.6. The normalized spacial score (nSPS) is 27.9. The first kappa shape index (κ1) is 14.2. The van der Waals surface area contributed by atoms with Crippen LogP contribution in [0.2, 0.25) is 0 Å². The van der Waals surface area contributed by atoms with E-state index in [9.17, 15) is 4.79 Å². The third-order valence-corrected chi connectivity index (χ3v) is 4.94. The Morgan fingerprint density at radius 1 is 1.44 bits per heavy atom. The van der Waals surface area contributed by atoms with Crippen molar-refractivity contribution in [1.29, 1.82) is 0 Å². The summed E-state index contributed by atoms with van der Waals surface area (Å²) in [6.07, 6.45) is 3.56. The molecule has 0 aromatic rings. The molecule has 1 amide bonds. The molecule has 104 valence electrons. The first-order valence-electron chi connectivity index (χ1n) is 7.26. The highest BCUT2D eigenvalue weighted by molar-refractivity contribution is 7.99. The van der Waals surface area contributed by atoms with Crippen molar-refractivity contribution in [3.05, 3.63) is 0 Å². The molecule has 0 aromatic carbocycles. The van der Waals surface area contributed by atoms with Gasteiger partial charge >= 0.3 is 0 Å². The molecule has 2 unspecified atom stereocenters. The van der Waals surface area contributed by atoms with E-state index in [0.717, 1.165) is 37.6 Å². The maximum Gasteiger partial charge on any atom is 0.226 e. The first-order valence-corrected chi connectivity index (χ1v) is 8.42. The van der Waals surface area contributed by atoms with Gasteiger partial charge in [-0.25, -0.2) is 0 Å². The van der Waals surface area contributed by atoms with E-state index in [0.29, 0.717) is 17.9 Å². The number of nitrogens with one attached hydrogen (secondary N) is 1. The van der Waals surface area contributed by atoms with Crippen LogP contribution in [-0.4, -0.2) is 48.0 Å². The van der Waals surface area contributed by atoms with Gasteiger partial charge in [0.05, 0.1) is 0 Å². The molecule has 0 bridgehead atoms. The fourth-order valence-electron chi connectivity index (χ4n) is 2.86. The monoisotopic (exact) mass is 270 g/mol. The summed E-state index contributed by atoms with van der Waals surface area (Å²) in [6, 6.07) is 0.529. The summed E-state index contributed by atoms with van der Waals surface area (Å²) in [5.41, 5.74) is 0. The standard InChI is InChI=1S/C14H26N2OS/c1-11(2)8-16(9-13-4-3-6-15-13)14(17)12-5-7-18-10-12/h11-13,15H,3-10H2,1-2H3. The van der Waals surface area contributed by atoms with Crippen LogP contribution in [-0.2, 0) is 4.79 Å². The average Bonchev–Trinajstić information content (AvgIpc) is 2.99. The van der Waals surface area contributed by atoms with Crippen molar-refractivity contribution in [3.63, 3.8) is 0 Å². The molecular formula is C14H26N2OS. The second kappa shape index (κ2) is 6.80. The minimum atomic E-state index is 0.287. The summed E-state index contributed by atoms with van der Waals surface area (Å²) < 4.78 is 0. The van der Waals surface area contributed by atoms with Gasteiger partial charge in [0.15, 0.2) is 0 Å². The van der Waals surface area contributed by atoms with Crippen molar-refractivity contribution in [3.8, 4) is 0 Å². The Kier molecular flexibility index (Phi) is 5.37. The van der Waals surface area contributed by atoms with Crippen molar-refractivity contribution in [2.75, 3.05) is 31.1 Å². The second-order valence-electron chi connectivity index (χ2n) is 5.99. The summed E-state index contributed by atoms with van der Waals surface area (Å²) >= 11 is 1.93. The average molecular weight is 270 g/mol. The molecule has 0 saturated carbocycles. The highest BCUT2D eigenvalue weighted by Gasteiger charge is 2.29. The van der Waals surface area contributed by atoms with Gasteiger partial charge in [0.2, 0.25) is 5.91 Å². The van der Waals surface area contributed by atoms with Gasteiger partial charge in [-0.05, 0) is 37.5 Å². The first-order chi connectivity index (χ1) is 8.66. The quantitative estimate of drug-likeness (QED) is 0.829. The fourth-order valence-corrected chi connectivity index (χ4v) is 4.07. The highest BCUT2D eigenvalue weighted by Crippen LogP contribution is 2.25. The van der Waals surface area contributed by atoms with E-state index in [2.05, 4.69) is 24.1 Å². The number of rotatable bonds is 5. The van der Waals surface area contributed by atoms with Gasteiger partial charge < -0.3 is 10.2 Å². The summed E-state index contributed by atoms with van der Waals surface area (Å²) in [5, 5.41) is 3.51. The molecule has 2 saturated heterocycles. The zero-order chi connectivity index (χ0) is 13.0. The van der Waals surface area contributed by atoms with Gasteiger partial charge in [0, 0.05) is 30.8 Å². The Labute approximate surface area is 115 Å². The summed E-state index contributed by atoms with van der Waals surface area (Å²) in [4.78, 5) is 14.7. The molecule has 3 nitrogen and oxygen atoms in total. The van der Waals surface area contributed by atoms with Crippen molar-refractivity contribution in [1.82, 2.24) is 10.2 Å². The van der Waals surface area contributed by atoms with Gasteiger partial charge in [-0.2, -0.15) is 11.8 Å². The molecule has 2 rings (SSSR count). The molecule has 2 fully saturated rings. The van der Waals surface area contributed by atoms with Gasteiger partial charge in [-0.15, -0.1) is 0 Å². The van der Waals surface area contributed by atoms with Crippen molar-refractivity contribution < 1.29 is 4.79 Å². The Bertz CT molecular complexity index is 271. The summed E-state index contributed by atoms with van der Waals surface area (Å²) in [6.45, 7) is 7.35. The van der Waals surface area contributed by atoms with Crippen molar-refractivity contribution in [2.45, 2.75) is 39.2 Å². The predicted octanol–water partition coefficient (Wildman–Crippen LogP) is 1.98. The molecule has 2 aliphatic rings. The van der Waals surface area contributed by atoms with Crippen LogP contribution >= 0.6 is 11.8 Å². The smallest absolute Gasteiger partial charge is 0.226 e.